The zero-order valence-electron chi connectivity index (χ0n) is 17.8. The lowest BCUT2D eigenvalue weighted by Gasteiger charge is -2.14. The number of carbonyl (C=O) groups is 4. The maximum Gasteiger partial charge on any atom is 0.338 e. The van der Waals surface area contributed by atoms with E-state index in [2.05, 4.69) is 5.43 Å². The summed E-state index contributed by atoms with van der Waals surface area (Å²) in [4.78, 5) is 48.3. The van der Waals surface area contributed by atoms with Gasteiger partial charge in [-0.15, -0.1) is 0 Å². The Balaban J connectivity index is 1.85. The van der Waals surface area contributed by atoms with Crippen LogP contribution in [0.3, 0.4) is 0 Å². The van der Waals surface area contributed by atoms with Crippen molar-refractivity contribution in [3.63, 3.8) is 0 Å². The molecule has 1 aliphatic rings. The molecule has 1 fully saturated rings. The minimum atomic E-state index is -0.577. The Bertz CT molecular complexity index is 1090. The van der Waals surface area contributed by atoms with E-state index in [-0.39, 0.29) is 17.9 Å². The molecule has 0 saturated carbocycles. The smallest absolute Gasteiger partial charge is 0.338 e. The number of benzene rings is 2. The number of amides is 2. The third-order valence-electron chi connectivity index (χ3n) is 4.36. The van der Waals surface area contributed by atoms with Gasteiger partial charge in [-0.2, -0.15) is 0 Å². The molecule has 0 unspecified atom stereocenters. The van der Waals surface area contributed by atoms with Gasteiger partial charge in [-0.1, -0.05) is 6.07 Å². The lowest BCUT2D eigenvalue weighted by Crippen LogP contribution is -2.35. The SMILES string of the molecule is CCOC(=O)c1ccc(N2NC(=O)/C(=C/c3ccc(OC(C)=O)c(OCC)c3)C2=O)cc1. The largest absolute Gasteiger partial charge is 0.490 e. The number of carbonyl (C=O) groups excluding carboxylic acids is 4. The predicted octanol–water partition coefficient (Wildman–Crippen LogP) is 2.65. The van der Waals surface area contributed by atoms with Crippen LogP contribution in [0.15, 0.2) is 48.0 Å². The highest BCUT2D eigenvalue weighted by Gasteiger charge is 2.34. The normalized spacial score (nSPS) is 14.3. The predicted molar refractivity (Wildman–Crippen MR) is 115 cm³/mol. The number of ether oxygens (including phenoxy) is 3. The lowest BCUT2D eigenvalue weighted by atomic mass is 10.1. The molecule has 166 valence electrons. The number of esters is 2. The van der Waals surface area contributed by atoms with Crippen LogP contribution in [0.25, 0.3) is 6.08 Å². The van der Waals surface area contributed by atoms with Gasteiger partial charge < -0.3 is 14.2 Å². The molecule has 1 N–H and O–H groups in total. The minimum absolute atomic E-state index is 0.0813. The van der Waals surface area contributed by atoms with Crippen LogP contribution in [-0.2, 0) is 19.1 Å². The summed E-state index contributed by atoms with van der Waals surface area (Å²) in [5, 5.41) is 1.10. The molecular formula is C23H22N2O7. The Labute approximate surface area is 184 Å². The van der Waals surface area contributed by atoms with Crippen molar-refractivity contribution in [2.24, 2.45) is 0 Å². The summed E-state index contributed by atoms with van der Waals surface area (Å²) in [5.74, 6) is -1.54. The highest BCUT2D eigenvalue weighted by Crippen LogP contribution is 2.30. The van der Waals surface area contributed by atoms with Gasteiger partial charge in [0.15, 0.2) is 11.5 Å². The monoisotopic (exact) mass is 438 g/mol. The molecule has 3 rings (SSSR count). The summed E-state index contributed by atoms with van der Waals surface area (Å²) in [6, 6.07) is 10.8. The standard InChI is InChI=1S/C23H22N2O7/c1-4-30-20-13-15(6-11-19(20)32-14(3)26)12-18-21(27)24-25(22(18)28)17-9-7-16(8-10-17)23(29)31-5-2/h6-13H,4-5H2,1-3H3,(H,24,27)/b18-12-. The molecule has 2 aromatic carbocycles. The number of nitrogens with one attached hydrogen (secondary N) is 1. The summed E-state index contributed by atoms with van der Waals surface area (Å²) >= 11 is 0. The highest BCUT2D eigenvalue weighted by atomic mass is 16.6. The number of hydrazine groups is 1. The first-order chi connectivity index (χ1) is 15.3. The van der Waals surface area contributed by atoms with Crippen LogP contribution < -0.4 is 19.9 Å². The third kappa shape index (κ3) is 4.94. The molecule has 1 aliphatic heterocycles. The van der Waals surface area contributed by atoms with E-state index in [1.807, 2.05) is 0 Å². The Kier molecular flexibility index (Phi) is 6.89. The van der Waals surface area contributed by atoms with Gasteiger partial charge >= 0.3 is 11.9 Å². The van der Waals surface area contributed by atoms with E-state index in [0.29, 0.717) is 29.2 Å². The van der Waals surface area contributed by atoms with Gasteiger partial charge in [0.2, 0.25) is 0 Å². The summed E-state index contributed by atoms with van der Waals surface area (Å²) in [6.07, 6.45) is 1.42. The van der Waals surface area contributed by atoms with Crippen LogP contribution in [0.1, 0.15) is 36.7 Å². The van der Waals surface area contributed by atoms with Gasteiger partial charge in [-0.25, -0.2) is 9.80 Å². The van der Waals surface area contributed by atoms with Crippen molar-refractivity contribution in [1.29, 1.82) is 0 Å². The first kappa shape index (κ1) is 22.5. The van der Waals surface area contributed by atoms with Crippen molar-refractivity contribution >= 4 is 35.5 Å². The Morgan fingerprint density at radius 3 is 2.34 bits per heavy atom. The van der Waals surface area contributed by atoms with Crippen LogP contribution in [0, 0.1) is 0 Å². The van der Waals surface area contributed by atoms with Gasteiger partial charge in [-0.3, -0.25) is 19.8 Å². The van der Waals surface area contributed by atoms with Crippen molar-refractivity contribution in [3.8, 4) is 11.5 Å². The van der Waals surface area contributed by atoms with Gasteiger partial charge in [0.1, 0.15) is 5.57 Å². The molecule has 1 heterocycles. The average molecular weight is 438 g/mol. The van der Waals surface area contributed by atoms with E-state index in [1.54, 1.807) is 26.0 Å². The van der Waals surface area contributed by atoms with Crippen LogP contribution in [0.4, 0.5) is 5.69 Å². The highest BCUT2D eigenvalue weighted by molar-refractivity contribution is 6.31. The molecule has 0 spiro atoms. The first-order valence-corrected chi connectivity index (χ1v) is 9.93. The van der Waals surface area contributed by atoms with Gasteiger partial charge in [0.05, 0.1) is 24.5 Å². The molecule has 9 heteroatoms. The van der Waals surface area contributed by atoms with Gasteiger partial charge in [-0.05, 0) is 61.9 Å². The average Bonchev–Trinajstić information content (AvgIpc) is 3.04. The Morgan fingerprint density at radius 2 is 1.72 bits per heavy atom. The minimum Gasteiger partial charge on any atom is -0.490 e. The second-order valence-electron chi connectivity index (χ2n) is 6.64. The van der Waals surface area contributed by atoms with Crippen molar-refractivity contribution in [1.82, 2.24) is 5.43 Å². The van der Waals surface area contributed by atoms with Crippen LogP contribution in [0.5, 0.6) is 11.5 Å². The van der Waals surface area contributed by atoms with E-state index < -0.39 is 23.8 Å². The van der Waals surface area contributed by atoms with E-state index in [1.165, 1.54) is 43.3 Å². The molecule has 0 radical (unpaired) electrons. The number of rotatable bonds is 7. The number of hydrogen-bond donors (Lipinski definition) is 1. The number of nitrogens with zero attached hydrogens (tertiary/aromatic N) is 1. The summed E-state index contributed by atoms with van der Waals surface area (Å²) in [7, 11) is 0. The maximum atomic E-state index is 12.8. The quantitative estimate of drug-likeness (QED) is 0.306. The summed E-state index contributed by atoms with van der Waals surface area (Å²) in [6.45, 7) is 5.36. The van der Waals surface area contributed by atoms with Crippen LogP contribution >= 0.6 is 0 Å². The molecule has 2 amide bonds. The van der Waals surface area contributed by atoms with Crippen molar-refractivity contribution in [2.75, 3.05) is 18.2 Å². The molecule has 2 aromatic rings. The second-order valence-corrected chi connectivity index (χ2v) is 6.64. The molecule has 32 heavy (non-hydrogen) atoms. The molecule has 1 saturated heterocycles. The van der Waals surface area contributed by atoms with E-state index in [0.717, 1.165) is 5.01 Å². The van der Waals surface area contributed by atoms with Gasteiger partial charge in [0.25, 0.3) is 11.8 Å². The molecule has 0 aliphatic carbocycles. The summed E-state index contributed by atoms with van der Waals surface area (Å²) in [5.41, 5.74) is 3.66. The van der Waals surface area contributed by atoms with Crippen molar-refractivity contribution in [2.45, 2.75) is 20.8 Å². The van der Waals surface area contributed by atoms with Crippen molar-refractivity contribution in [3.05, 3.63) is 59.2 Å². The van der Waals surface area contributed by atoms with Crippen molar-refractivity contribution < 1.29 is 33.4 Å². The molecular weight excluding hydrogens is 416 g/mol. The topological polar surface area (TPSA) is 111 Å². The maximum absolute atomic E-state index is 12.8. The molecule has 9 nitrogen and oxygen atoms in total. The zero-order valence-corrected chi connectivity index (χ0v) is 17.8. The van der Waals surface area contributed by atoms with Crippen LogP contribution in [0.2, 0.25) is 0 Å². The van der Waals surface area contributed by atoms with E-state index >= 15 is 0 Å². The second kappa shape index (κ2) is 9.78. The lowest BCUT2D eigenvalue weighted by molar-refractivity contribution is -0.132. The number of anilines is 1. The fraction of sp³-hybridized carbons (Fsp3) is 0.217. The zero-order chi connectivity index (χ0) is 23.3. The molecule has 0 aromatic heterocycles. The molecule has 0 atom stereocenters. The fourth-order valence-electron chi connectivity index (χ4n) is 2.99. The van der Waals surface area contributed by atoms with E-state index in [9.17, 15) is 19.2 Å². The fourth-order valence-corrected chi connectivity index (χ4v) is 2.99. The Hall–Kier alpha value is -4.14. The molecule has 0 bridgehead atoms. The Morgan fingerprint density at radius 1 is 1.00 bits per heavy atom. The van der Waals surface area contributed by atoms with Gasteiger partial charge in [0, 0.05) is 6.92 Å². The number of hydrogen-bond acceptors (Lipinski definition) is 7. The summed E-state index contributed by atoms with van der Waals surface area (Å²) < 4.78 is 15.5. The third-order valence-corrected chi connectivity index (χ3v) is 4.36. The van der Waals surface area contributed by atoms with E-state index in [4.69, 9.17) is 14.2 Å². The first-order valence-electron chi connectivity index (χ1n) is 9.93. The van der Waals surface area contributed by atoms with Crippen LogP contribution in [-0.4, -0.2) is 37.0 Å².